The number of carboxylic acids is 1. The molecule has 1 aliphatic heterocycles. The number of β-lactam (4-membered cyclic amide) rings is 1. The number of hydrogen-bond acceptors (Lipinski definition) is 13. The Hall–Kier alpha value is -3.72. The molecule has 2 aliphatic rings. The van der Waals surface area contributed by atoms with Crippen molar-refractivity contribution in [2.24, 2.45) is 5.16 Å². The minimum Gasteiger partial charge on any atom is -0.478 e. The molecule has 2 aromatic rings. The van der Waals surface area contributed by atoms with Crippen molar-refractivity contribution < 1.29 is 41.8 Å². The van der Waals surface area contributed by atoms with Gasteiger partial charge in [-0.15, -0.1) is 11.3 Å². The molecule has 0 aromatic carbocycles. The van der Waals surface area contributed by atoms with Crippen LogP contribution in [0.4, 0.5) is 5.13 Å². The summed E-state index contributed by atoms with van der Waals surface area (Å²) < 4.78 is 34.6. The van der Waals surface area contributed by atoms with Gasteiger partial charge in [0.25, 0.3) is 11.8 Å². The van der Waals surface area contributed by atoms with Crippen LogP contribution < -0.4 is 16.4 Å². The SMILES string of the molecule is C[N+](C)(C)CCCNCc1cnn(CC2C(NC(=O)C(=NOC3(C(=O)O)CC3)c3csc(N)n3)C(=O)N2S(=O)(=O)O)n1. The molecule has 2 fully saturated rings. The molecule has 42 heavy (non-hydrogen) atoms. The van der Waals surface area contributed by atoms with Crippen molar-refractivity contribution in [3.63, 3.8) is 0 Å². The van der Waals surface area contributed by atoms with Crippen LogP contribution in [0.15, 0.2) is 16.7 Å². The van der Waals surface area contributed by atoms with Crippen molar-refractivity contribution in [1.82, 2.24) is 34.9 Å². The van der Waals surface area contributed by atoms with E-state index in [2.05, 4.69) is 52.1 Å². The summed E-state index contributed by atoms with van der Waals surface area (Å²) in [4.78, 5) is 47.7. The van der Waals surface area contributed by atoms with E-state index in [1.165, 1.54) is 11.6 Å². The van der Waals surface area contributed by atoms with Gasteiger partial charge in [-0.25, -0.2) is 14.1 Å². The molecule has 230 valence electrons. The van der Waals surface area contributed by atoms with Crippen LogP contribution in [0.3, 0.4) is 0 Å². The van der Waals surface area contributed by atoms with E-state index in [1.807, 2.05) is 0 Å². The Morgan fingerprint density at radius 2 is 2.05 bits per heavy atom. The number of nitrogens with one attached hydrogen (secondary N) is 2. The predicted molar refractivity (Wildman–Crippen MR) is 147 cm³/mol. The molecule has 0 radical (unpaired) electrons. The van der Waals surface area contributed by atoms with Crippen molar-refractivity contribution in [1.29, 1.82) is 0 Å². The first-order chi connectivity index (χ1) is 19.6. The number of carbonyl (C=O) groups is 3. The van der Waals surface area contributed by atoms with Gasteiger partial charge in [-0.2, -0.15) is 23.4 Å². The monoisotopic (exact) mass is 629 g/mol. The van der Waals surface area contributed by atoms with Gasteiger partial charge in [0.05, 0.1) is 46.1 Å². The number of rotatable bonds is 15. The molecule has 2 amide bonds. The lowest BCUT2D eigenvalue weighted by Gasteiger charge is -2.43. The van der Waals surface area contributed by atoms with Crippen LogP contribution >= 0.6 is 11.3 Å². The fourth-order valence-corrected chi connectivity index (χ4v) is 5.53. The topological polar surface area (TPSA) is 244 Å². The Morgan fingerprint density at radius 3 is 2.62 bits per heavy atom. The summed E-state index contributed by atoms with van der Waals surface area (Å²) in [6, 6.07) is -2.72. The Labute approximate surface area is 245 Å². The number of amides is 2. The summed E-state index contributed by atoms with van der Waals surface area (Å²) in [6.45, 7) is 1.84. The van der Waals surface area contributed by atoms with Gasteiger partial charge in [0, 0.05) is 37.7 Å². The van der Waals surface area contributed by atoms with Gasteiger partial charge >= 0.3 is 16.3 Å². The number of nitrogens with zero attached hydrogens (tertiary/aromatic N) is 7. The van der Waals surface area contributed by atoms with Gasteiger partial charge in [0.2, 0.25) is 5.60 Å². The second kappa shape index (κ2) is 11.9. The normalized spacial score (nSPS) is 20.2. The molecular weight excluding hydrogens is 596 g/mol. The smallest absolute Gasteiger partial charge is 0.362 e. The number of aliphatic carboxylic acids is 1. The summed E-state index contributed by atoms with van der Waals surface area (Å²) in [7, 11) is 1.32. The Kier molecular flexibility index (Phi) is 8.83. The molecule has 4 rings (SSSR count). The fraction of sp³-hybridized carbons (Fsp3) is 0.591. The third-order valence-electron chi connectivity index (χ3n) is 6.51. The summed E-state index contributed by atoms with van der Waals surface area (Å²) in [6.07, 6.45) is 2.77. The molecule has 20 heteroatoms. The standard InChI is InChI=1S/C22H32N10O8S2/c1-32(2,3)8-4-7-24-9-13-10-25-30(28-13)11-15-17(19(34)31(15)42(37,38)39)27-18(33)16(14-12-41-21(23)26-14)29-40-22(5-6-22)20(35)36/h10,12,15,17,24H,4-9,11H2,1-3H3,(H4-,23,26,27,33,35,36,37,38,39)/p+1. The molecule has 6 N–H and O–H groups in total. The average Bonchev–Trinajstić information content (AvgIpc) is 3.35. The van der Waals surface area contributed by atoms with Crippen LogP contribution in [0, 0.1) is 0 Å². The lowest BCUT2D eigenvalue weighted by Crippen LogP contribution is -2.73. The predicted octanol–water partition coefficient (Wildman–Crippen LogP) is -1.96. The number of quaternary nitrogens is 1. The maximum Gasteiger partial charge on any atom is 0.362 e. The van der Waals surface area contributed by atoms with Gasteiger partial charge in [-0.3, -0.25) is 14.1 Å². The Bertz CT molecular complexity index is 1480. The maximum absolute atomic E-state index is 13.2. The van der Waals surface area contributed by atoms with E-state index < -0.39 is 51.5 Å². The first-order valence-corrected chi connectivity index (χ1v) is 15.1. The molecule has 0 spiro atoms. The van der Waals surface area contributed by atoms with Crippen molar-refractivity contribution >= 4 is 50.3 Å². The van der Waals surface area contributed by atoms with Gasteiger partial charge in [0.15, 0.2) is 10.8 Å². The van der Waals surface area contributed by atoms with Crippen LogP contribution in [-0.2, 0) is 42.6 Å². The van der Waals surface area contributed by atoms with Crippen LogP contribution in [0.25, 0.3) is 0 Å². The zero-order chi connectivity index (χ0) is 30.9. The molecule has 2 atom stereocenters. The number of nitrogen functional groups attached to an aromatic ring is 1. The van der Waals surface area contributed by atoms with Gasteiger partial charge < -0.3 is 30.8 Å². The Balaban J connectivity index is 1.46. The minimum atomic E-state index is -4.98. The number of anilines is 1. The molecule has 1 saturated heterocycles. The van der Waals surface area contributed by atoms with E-state index in [-0.39, 0.29) is 34.5 Å². The van der Waals surface area contributed by atoms with Crippen molar-refractivity contribution in [3.05, 3.63) is 23.0 Å². The number of carbonyl (C=O) groups excluding carboxylic acids is 2. The van der Waals surface area contributed by atoms with Crippen molar-refractivity contribution in [3.8, 4) is 0 Å². The lowest BCUT2D eigenvalue weighted by atomic mass is 9.98. The number of nitrogens with two attached hydrogens (primary N) is 1. The highest BCUT2D eigenvalue weighted by molar-refractivity contribution is 7.84. The van der Waals surface area contributed by atoms with Crippen LogP contribution in [0.5, 0.6) is 0 Å². The minimum absolute atomic E-state index is 0.0431. The third kappa shape index (κ3) is 7.37. The lowest BCUT2D eigenvalue weighted by molar-refractivity contribution is -0.870. The number of carboxylic acid groups (broad SMARTS) is 1. The summed E-state index contributed by atoms with van der Waals surface area (Å²) in [5.41, 5.74) is 4.14. The van der Waals surface area contributed by atoms with Gasteiger partial charge in [-0.1, -0.05) is 5.16 Å². The van der Waals surface area contributed by atoms with Gasteiger partial charge in [0.1, 0.15) is 17.8 Å². The van der Waals surface area contributed by atoms with Crippen LogP contribution in [0.1, 0.15) is 30.7 Å². The first kappa shape index (κ1) is 31.2. The van der Waals surface area contributed by atoms with Crippen molar-refractivity contribution in [2.45, 2.75) is 50.0 Å². The van der Waals surface area contributed by atoms with E-state index in [4.69, 9.17) is 10.6 Å². The molecular formula is C22H33N10O8S2+. The zero-order valence-corrected chi connectivity index (χ0v) is 24.8. The van der Waals surface area contributed by atoms with E-state index in [1.54, 1.807) is 0 Å². The molecule has 2 aromatic heterocycles. The Morgan fingerprint density at radius 1 is 1.33 bits per heavy atom. The quantitative estimate of drug-likeness (QED) is 0.0359. The van der Waals surface area contributed by atoms with E-state index >= 15 is 0 Å². The van der Waals surface area contributed by atoms with E-state index in [9.17, 15) is 32.5 Å². The number of hydrogen-bond donors (Lipinski definition) is 5. The highest BCUT2D eigenvalue weighted by Gasteiger charge is 2.56. The highest BCUT2D eigenvalue weighted by Crippen LogP contribution is 2.40. The van der Waals surface area contributed by atoms with Crippen molar-refractivity contribution in [2.75, 3.05) is 40.0 Å². The second-order valence-electron chi connectivity index (χ2n) is 11.0. The van der Waals surface area contributed by atoms with E-state index in [0.29, 0.717) is 12.2 Å². The molecule has 0 bridgehead atoms. The first-order valence-electron chi connectivity index (χ1n) is 12.8. The molecule has 3 heterocycles. The van der Waals surface area contributed by atoms with Crippen LogP contribution in [0.2, 0.25) is 0 Å². The van der Waals surface area contributed by atoms with E-state index in [0.717, 1.165) is 40.1 Å². The third-order valence-corrected chi connectivity index (χ3v) is 8.13. The second-order valence-corrected chi connectivity index (χ2v) is 13.1. The molecule has 1 saturated carbocycles. The zero-order valence-electron chi connectivity index (χ0n) is 23.1. The highest BCUT2D eigenvalue weighted by atomic mass is 32.2. The summed E-state index contributed by atoms with van der Waals surface area (Å²) in [5.74, 6) is -3.37. The summed E-state index contributed by atoms with van der Waals surface area (Å²) in [5, 5.41) is 28.6. The number of oxime groups is 1. The molecule has 18 nitrogen and oxygen atoms in total. The average molecular weight is 630 g/mol. The maximum atomic E-state index is 13.2. The molecule has 1 aliphatic carbocycles. The molecule has 2 unspecified atom stereocenters. The summed E-state index contributed by atoms with van der Waals surface area (Å²) >= 11 is 0.983. The van der Waals surface area contributed by atoms with Crippen LogP contribution in [-0.4, -0.2) is 122 Å². The number of aromatic nitrogens is 4. The van der Waals surface area contributed by atoms with Gasteiger partial charge in [-0.05, 0) is 0 Å². The fourth-order valence-electron chi connectivity index (χ4n) is 4.11. The largest absolute Gasteiger partial charge is 0.478 e. The number of thiazole rings is 1.